The molecule has 0 bridgehead atoms. The van der Waals surface area contributed by atoms with Crippen LogP contribution in [0.25, 0.3) is 11.2 Å². The van der Waals surface area contributed by atoms with E-state index < -0.39 is 0 Å². The van der Waals surface area contributed by atoms with Gasteiger partial charge in [0, 0.05) is 12.7 Å². The van der Waals surface area contributed by atoms with Crippen molar-refractivity contribution in [1.82, 2.24) is 14.5 Å². The summed E-state index contributed by atoms with van der Waals surface area (Å²) in [6, 6.07) is 1.85. The number of fused-ring (bicyclic) bond motifs is 1. The van der Waals surface area contributed by atoms with Crippen LogP contribution in [0.5, 0.6) is 0 Å². The van der Waals surface area contributed by atoms with E-state index in [4.69, 9.17) is 23.8 Å². The van der Waals surface area contributed by atoms with Crippen LogP contribution in [-0.2, 0) is 6.54 Å². The Bertz CT molecular complexity index is 577. The molecule has 0 amide bonds. The van der Waals surface area contributed by atoms with Gasteiger partial charge in [0.05, 0.1) is 10.5 Å². The van der Waals surface area contributed by atoms with Gasteiger partial charge in [0.15, 0.2) is 10.4 Å². The molecule has 0 aliphatic rings. The molecule has 16 heavy (non-hydrogen) atoms. The van der Waals surface area contributed by atoms with Gasteiger partial charge in [-0.2, -0.15) is 0 Å². The lowest BCUT2D eigenvalue weighted by Crippen LogP contribution is -2.15. The molecule has 86 valence electrons. The largest absolute Gasteiger partial charge is 0.329 e. The van der Waals surface area contributed by atoms with E-state index in [9.17, 15) is 0 Å². The molecule has 0 fully saturated rings. The molecule has 0 saturated carbocycles. The first-order valence-corrected chi connectivity index (χ1v) is 5.89. The van der Waals surface area contributed by atoms with Gasteiger partial charge in [-0.05, 0) is 23.7 Å². The topological polar surface area (TPSA) is 33.6 Å². The summed E-state index contributed by atoms with van der Waals surface area (Å²) in [5.74, 6) is 0. The average Bonchev–Trinajstić information content (AvgIpc) is 2.40. The summed E-state index contributed by atoms with van der Waals surface area (Å²) in [5, 5.41) is 0.617. The van der Waals surface area contributed by atoms with Crippen LogP contribution in [-0.4, -0.2) is 14.5 Å². The van der Waals surface area contributed by atoms with Crippen LogP contribution in [0.2, 0.25) is 5.02 Å². The Kier molecular flexibility index (Phi) is 2.80. The highest BCUT2D eigenvalue weighted by atomic mass is 35.5. The molecule has 0 spiro atoms. The van der Waals surface area contributed by atoms with Crippen molar-refractivity contribution in [1.29, 1.82) is 0 Å². The molecule has 5 heteroatoms. The van der Waals surface area contributed by atoms with Crippen molar-refractivity contribution in [2.24, 2.45) is 5.41 Å². The second-order valence-corrected chi connectivity index (χ2v) is 5.92. The molecule has 0 saturated heterocycles. The third kappa shape index (κ3) is 2.28. The second-order valence-electron chi connectivity index (χ2n) is 5.10. The van der Waals surface area contributed by atoms with Crippen molar-refractivity contribution in [2.45, 2.75) is 27.3 Å². The van der Waals surface area contributed by atoms with E-state index in [2.05, 4.69) is 30.7 Å². The Morgan fingerprint density at radius 1 is 1.50 bits per heavy atom. The number of H-pyrrole nitrogens is 1. The number of rotatable bonds is 1. The van der Waals surface area contributed by atoms with Crippen molar-refractivity contribution < 1.29 is 0 Å². The number of nitrogens with one attached hydrogen (secondary N) is 1. The predicted octanol–water partition coefficient (Wildman–Crippen LogP) is 3.79. The zero-order valence-corrected chi connectivity index (χ0v) is 11.1. The first-order valence-electron chi connectivity index (χ1n) is 5.11. The van der Waals surface area contributed by atoms with Gasteiger partial charge in [-0.1, -0.05) is 32.4 Å². The van der Waals surface area contributed by atoms with Crippen molar-refractivity contribution in [2.75, 3.05) is 0 Å². The van der Waals surface area contributed by atoms with Gasteiger partial charge in [0.25, 0.3) is 0 Å². The van der Waals surface area contributed by atoms with Crippen LogP contribution in [0.3, 0.4) is 0 Å². The first-order chi connectivity index (χ1) is 7.37. The molecule has 2 heterocycles. The van der Waals surface area contributed by atoms with Crippen LogP contribution in [0.1, 0.15) is 20.8 Å². The van der Waals surface area contributed by atoms with Crippen LogP contribution < -0.4 is 0 Å². The van der Waals surface area contributed by atoms with E-state index in [-0.39, 0.29) is 5.41 Å². The zero-order valence-electron chi connectivity index (χ0n) is 9.54. The van der Waals surface area contributed by atoms with Crippen LogP contribution >= 0.6 is 23.8 Å². The summed E-state index contributed by atoms with van der Waals surface area (Å²) in [5.41, 5.74) is 1.92. The van der Waals surface area contributed by atoms with E-state index in [1.807, 2.05) is 10.6 Å². The molecule has 0 radical (unpaired) electrons. The van der Waals surface area contributed by atoms with Gasteiger partial charge < -0.3 is 9.55 Å². The minimum Gasteiger partial charge on any atom is -0.329 e. The molecule has 2 aromatic heterocycles. The van der Waals surface area contributed by atoms with E-state index in [0.717, 1.165) is 17.7 Å². The molecule has 2 aromatic rings. The van der Waals surface area contributed by atoms with Crippen LogP contribution in [0, 0.1) is 10.2 Å². The predicted molar refractivity (Wildman–Crippen MR) is 69.4 cm³/mol. The minimum atomic E-state index is 0.161. The van der Waals surface area contributed by atoms with Crippen molar-refractivity contribution in [3.63, 3.8) is 0 Å². The Morgan fingerprint density at radius 3 is 2.81 bits per heavy atom. The Morgan fingerprint density at radius 2 is 2.19 bits per heavy atom. The lowest BCUT2D eigenvalue weighted by Gasteiger charge is -2.18. The Hall–Kier alpha value is -0.870. The molecule has 0 aliphatic heterocycles. The fourth-order valence-electron chi connectivity index (χ4n) is 1.64. The third-order valence-electron chi connectivity index (χ3n) is 2.21. The van der Waals surface area contributed by atoms with E-state index >= 15 is 0 Å². The maximum absolute atomic E-state index is 5.89. The third-order valence-corrected chi connectivity index (χ3v) is 2.74. The SMILES string of the molecule is CC(C)(C)Cn1c(=S)[nH]c2cc(Cl)cnc21. The maximum Gasteiger partial charge on any atom is 0.179 e. The number of halogens is 1. The normalized spacial score (nSPS) is 12.2. The molecule has 3 nitrogen and oxygen atoms in total. The van der Waals surface area contributed by atoms with E-state index in [1.54, 1.807) is 6.20 Å². The number of aromatic amines is 1. The Labute approximate surface area is 104 Å². The number of imidazole rings is 1. The summed E-state index contributed by atoms with van der Waals surface area (Å²) in [6.45, 7) is 7.34. The van der Waals surface area contributed by atoms with Crippen molar-refractivity contribution >= 4 is 35.0 Å². The summed E-state index contributed by atoms with van der Waals surface area (Å²) in [4.78, 5) is 7.44. The minimum absolute atomic E-state index is 0.161. The van der Waals surface area contributed by atoms with Crippen LogP contribution in [0.15, 0.2) is 12.3 Å². The van der Waals surface area contributed by atoms with Gasteiger partial charge in [0.2, 0.25) is 0 Å². The molecule has 0 unspecified atom stereocenters. The highest BCUT2D eigenvalue weighted by Gasteiger charge is 2.15. The maximum atomic E-state index is 5.89. The van der Waals surface area contributed by atoms with Gasteiger partial charge in [-0.3, -0.25) is 0 Å². The molecular weight excluding hydrogens is 242 g/mol. The number of pyridine rings is 1. The molecule has 0 atom stereocenters. The molecule has 0 aliphatic carbocycles. The number of aromatic nitrogens is 3. The van der Waals surface area contributed by atoms with E-state index in [0.29, 0.717) is 9.79 Å². The Balaban J connectivity index is 2.61. The van der Waals surface area contributed by atoms with Crippen molar-refractivity contribution in [3.8, 4) is 0 Å². The second kappa shape index (κ2) is 3.86. The number of nitrogens with zero attached hydrogens (tertiary/aromatic N) is 2. The van der Waals surface area contributed by atoms with Gasteiger partial charge in [0.1, 0.15) is 0 Å². The van der Waals surface area contributed by atoms with Gasteiger partial charge in [-0.25, -0.2) is 4.98 Å². The van der Waals surface area contributed by atoms with E-state index in [1.165, 1.54) is 0 Å². The fraction of sp³-hybridized carbons (Fsp3) is 0.455. The summed E-state index contributed by atoms with van der Waals surface area (Å²) in [7, 11) is 0. The zero-order chi connectivity index (χ0) is 11.9. The highest BCUT2D eigenvalue weighted by Crippen LogP contribution is 2.22. The lowest BCUT2D eigenvalue weighted by molar-refractivity contribution is 0.345. The van der Waals surface area contributed by atoms with Crippen molar-refractivity contribution in [3.05, 3.63) is 22.1 Å². The van der Waals surface area contributed by atoms with Gasteiger partial charge >= 0.3 is 0 Å². The molecule has 0 aromatic carbocycles. The van der Waals surface area contributed by atoms with Crippen LogP contribution in [0.4, 0.5) is 0 Å². The summed E-state index contributed by atoms with van der Waals surface area (Å²) in [6.07, 6.45) is 1.64. The summed E-state index contributed by atoms with van der Waals surface area (Å²) < 4.78 is 2.71. The quantitative estimate of drug-likeness (QED) is 0.787. The summed E-state index contributed by atoms with van der Waals surface area (Å²) >= 11 is 11.2. The molecule has 2 rings (SSSR count). The monoisotopic (exact) mass is 255 g/mol. The highest BCUT2D eigenvalue weighted by molar-refractivity contribution is 7.71. The lowest BCUT2D eigenvalue weighted by atomic mass is 9.97. The number of hydrogen-bond donors (Lipinski definition) is 1. The smallest absolute Gasteiger partial charge is 0.179 e. The standard InChI is InChI=1S/C11H14ClN3S/c1-11(2,3)6-15-9-8(14-10(15)16)4-7(12)5-13-9/h4-5H,6H2,1-3H3,(H,14,16). The molecular formula is C11H14ClN3S. The molecule has 1 N–H and O–H groups in total. The average molecular weight is 256 g/mol. The first kappa shape index (κ1) is 11.6. The fourth-order valence-corrected chi connectivity index (χ4v) is 2.06. The van der Waals surface area contributed by atoms with Gasteiger partial charge in [-0.15, -0.1) is 0 Å². The number of hydrogen-bond acceptors (Lipinski definition) is 2.